The lowest BCUT2D eigenvalue weighted by Gasteiger charge is -2.29. The van der Waals surface area contributed by atoms with Crippen LogP contribution in [0.1, 0.15) is 32.6 Å². The molecule has 2 N–H and O–H groups in total. The predicted molar refractivity (Wildman–Crippen MR) is 49.4 cm³/mol. The van der Waals surface area contributed by atoms with E-state index in [0.717, 1.165) is 12.8 Å². The molecule has 0 amide bonds. The molecule has 0 aromatic heterocycles. The first-order valence-electron chi connectivity index (χ1n) is 4.58. The van der Waals surface area contributed by atoms with Crippen molar-refractivity contribution in [3.8, 4) is 0 Å². The molecule has 1 rings (SSSR count). The van der Waals surface area contributed by atoms with E-state index < -0.39 is 17.5 Å². The molecule has 0 saturated heterocycles. The van der Waals surface area contributed by atoms with Crippen molar-refractivity contribution in [1.29, 1.82) is 0 Å². The Morgan fingerprint density at radius 1 is 1.46 bits per heavy atom. The average molecular weight is 184 g/mol. The molecule has 3 nitrogen and oxygen atoms in total. The van der Waals surface area contributed by atoms with Gasteiger partial charge in [-0.05, 0) is 19.8 Å². The van der Waals surface area contributed by atoms with Gasteiger partial charge >= 0.3 is 5.97 Å². The Balaban J connectivity index is 2.86. The molecule has 13 heavy (non-hydrogen) atoms. The van der Waals surface area contributed by atoms with E-state index in [0.29, 0.717) is 18.4 Å². The zero-order valence-corrected chi connectivity index (χ0v) is 7.92. The van der Waals surface area contributed by atoms with E-state index in [4.69, 9.17) is 5.11 Å². The molecule has 1 fully saturated rings. The van der Waals surface area contributed by atoms with Gasteiger partial charge in [0.15, 0.2) is 0 Å². The van der Waals surface area contributed by atoms with E-state index in [-0.39, 0.29) is 0 Å². The van der Waals surface area contributed by atoms with E-state index in [9.17, 15) is 9.90 Å². The maximum absolute atomic E-state index is 10.9. The van der Waals surface area contributed by atoms with Gasteiger partial charge in [-0.1, -0.05) is 25.0 Å². The molecule has 1 saturated carbocycles. The van der Waals surface area contributed by atoms with Crippen LogP contribution in [0.5, 0.6) is 0 Å². The summed E-state index contributed by atoms with van der Waals surface area (Å²) in [6, 6.07) is 0. The van der Waals surface area contributed by atoms with Gasteiger partial charge in [-0.25, -0.2) is 0 Å². The van der Waals surface area contributed by atoms with Crippen LogP contribution in [0, 0.1) is 5.92 Å². The number of rotatable bonds is 3. The minimum Gasteiger partial charge on any atom is -0.481 e. The Labute approximate surface area is 78.1 Å². The lowest BCUT2D eigenvalue weighted by molar-refractivity contribution is -0.148. The number of carboxylic acids is 1. The second kappa shape index (κ2) is 3.50. The van der Waals surface area contributed by atoms with Gasteiger partial charge in [-0.3, -0.25) is 4.79 Å². The minimum absolute atomic E-state index is 0.539. The van der Waals surface area contributed by atoms with E-state index >= 15 is 0 Å². The zero-order valence-electron chi connectivity index (χ0n) is 7.92. The molecule has 3 heteroatoms. The molecule has 1 unspecified atom stereocenters. The van der Waals surface area contributed by atoms with Gasteiger partial charge < -0.3 is 10.2 Å². The molecule has 1 aliphatic carbocycles. The number of carboxylic acid groups (broad SMARTS) is 1. The van der Waals surface area contributed by atoms with Crippen molar-refractivity contribution in [3.05, 3.63) is 12.2 Å². The SMILES string of the molecule is C=C(C)C(C(=O)O)C1(O)CCCC1. The number of hydrogen-bond acceptors (Lipinski definition) is 2. The summed E-state index contributed by atoms with van der Waals surface area (Å²) in [5, 5.41) is 19.0. The number of hydrogen-bond donors (Lipinski definition) is 2. The van der Waals surface area contributed by atoms with Gasteiger partial charge in [-0.15, -0.1) is 0 Å². The lowest BCUT2D eigenvalue weighted by Crippen LogP contribution is -2.40. The van der Waals surface area contributed by atoms with Crippen molar-refractivity contribution in [1.82, 2.24) is 0 Å². The number of carbonyl (C=O) groups is 1. The number of aliphatic hydroxyl groups is 1. The van der Waals surface area contributed by atoms with Crippen LogP contribution in [0.2, 0.25) is 0 Å². The summed E-state index contributed by atoms with van der Waals surface area (Å²) in [6.07, 6.45) is 2.98. The third-order valence-corrected chi connectivity index (χ3v) is 2.75. The molecule has 0 radical (unpaired) electrons. The van der Waals surface area contributed by atoms with Crippen LogP contribution in [0.25, 0.3) is 0 Å². The summed E-state index contributed by atoms with van der Waals surface area (Å²) in [4.78, 5) is 10.9. The molecule has 0 aliphatic heterocycles. The topological polar surface area (TPSA) is 57.5 Å². The molecular weight excluding hydrogens is 168 g/mol. The Morgan fingerprint density at radius 3 is 2.23 bits per heavy atom. The fourth-order valence-electron chi connectivity index (χ4n) is 2.18. The minimum atomic E-state index is -1.04. The second-order valence-corrected chi connectivity index (χ2v) is 3.93. The molecule has 0 heterocycles. The normalized spacial score (nSPS) is 22.6. The van der Waals surface area contributed by atoms with Gasteiger partial charge in [0.2, 0.25) is 0 Å². The zero-order chi connectivity index (χ0) is 10.1. The second-order valence-electron chi connectivity index (χ2n) is 3.93. The maximum Gasteiger partial charge on any atom is 0.313 e. The third-order valence-electron chi connectivity index (χ3n) is 2.75. The summed E-state index contributed by atoms with van der Waals surface area (Å²) in [5.41, 5.74) is -0.505. The van der Waals surface area contributed by atoms with Crippen LogP contribution in [0.3, 0.4) is 0 Å². The Bertz CT molecular complexity index is 212. The van der Waals surface area contributed by atoms with Crippen LogP contribution in [-0.2, 0) is 4.79 Å². The van der Waals surface area contributed by atoms with Crippen molar-refractivity contribution in [2.45, 2.75) is 38.2 Å². The molecule has 1 aliphatic rings. The quantitative estimate of drug-likeness (QED) is 0.654. The molecule has 0 spiro atoms. The van der Waals surface area contributed by atoms with Crippen LogP contribution < -0.4 is 0 Å². The predicted octanol–water partition coefficient (Wildman–Crippen LogP) is 1.57. The van der Waals surface area contributed by atoms with Crippen LogP contribution in [0.4, 0.5) is 0 Å². The Morgan fingerprint density at radius 2 is 1.92 bits per heavy atom. The smallest absolute Gasteiger partial charge is 0.313 e. The van der Waals surface area contributed by atoms with E-state index in [1.54, 1.807) is 6.92 Å². The first kappa shape index (κ1) is 10.3. The Kier molecular flexibility index (Phi) is 2.76. The monoisotopic (exact) mass is 184 g/mol. The largest absolute Gasteiger partial charge is 0.481 e. The standard InChI is InChI=1S/C10H16O3/c1-7(2)8(9(11)12)10(13)5-3-4-6-10/h8,13H,1,3-6H2,2H3,(H,11,12). The summed E-state index contributed by atoms with van der Waals surface area (Å²) in [7, 11) is 0. The van der Waals surface area contributed by atoms with E-state index in [2.05, 4.69) is 6.58 Å². The van der Waals surface area contributed by atoms with Gasteiger partial charge in [0.05, 0.1) is 5.60 Å². The average Bonchev–Trinajstić information content (AvgIpc) is 2.33. The molecule has 74 valence electrons. The molecule has 0 aromatic carbocycles. The Hall–Kier alpha value is -0.830. The highest BCUT2D eigenvalue weighted by molar-refractivity contribution is 5.75. The van der Waals surface area contributed by atoms with Crippen LogP contribution in [-0.4, -0.2) is 21.8 Å². The van der Waals surface area contributed by atoms with Crippen molar-refractivity contribution < 1.29 is 15.0 Å². The van der Waals surface area contributed by atoms with Gasteiger partial charge in [0.1, 0.15) is 5.92 Å². The van der Waals surface area contributed by atoms with Crippen LogP contribution >= 0.6 is 0 Å². The summed E-state index contributed by atoms with van der Waals surface area (Å²) in [6.45, 7) is 5.29. The highest BCUT2D eigenvalue weighted by atomic mass is 16.4. The fourth-order valence-corrected chi connectivity index (χ4v) is 2.18. The lowest BCUT2D eigenvalue weighted by atomic mass is 9.81. The van der Waals surface area contributed by atoms with Crippen molar-refractivity contribution in [2.24, 2.45) is 5.92 Å². The summed E-state index contributed by atoms with van der Waals surface area (Å²) >= 11 is 0. The first-order chi connectivity index (χ1) is 5.97. The first-order valence-corrected chi connectivity index (χ1v) is 4.58. The maximum atomic E-state index is 10.9. The van der Waals surface area contributed by atoms with E-state index in [1.165, 1.54) is 0 Å². The molecular formula is C10H16O3. The molecule has 1 atom stereocenters. The van der Waals surface area contributed by atoms with Crippen LogP contribution in [0.15, 0.2) is 12.2 Å². The molecule has 0 bridgehead atoms. The van der Waals surface area contributed by atoms with Gasteiger partial charge in [0.25, 0.3) is 0 Å². The summed E-state index contributed by atoms with van der Waals surface area (Å²) in [5.74, 6) is -1.76. The van der Waals surface area contributed by atoms with Gasteiger partial charge in [-0.2, -0.15) is 0 Å². The van der Waals surface area contributed by atoms with Crippen molar-refractivity contribution in [2.75, 3.05) is 0 Å². The van der Waals surface area contributed by atoms with Crippen molar-refractivity contribution >= 4 is 5.97 Å². The molecule has 0 aromatic rings. The highest BCUT2D eigenvalue weighted by Gasteiger charge is 2.43. The van der Waals surface area contributed by atoms with Gasteiger partial charge in [0, 0.05) is 0 Å². The van der Waals surface area contributed by atoms with E-state index in [1.807, 2.05) is 0 Å². The fraction of sp³-hybridized carbons (Fsp3) is 0.700. The third kappa shape index (κ3) is 1.91. The summed E-state index contributed by atoms with van der Waals surface area (Å²) < 4.78 is 0. The number of aliphatic carboxylic acids is 1. The van der Waals surface area contributed by atoms with Crippen molar-refractivity contribution in [3.63, 3.8) is 0 Å². The highest BCUT2D eigenvalue weighted by Crippen LogP contribution is 2.38.